The van der Waals surface area contributed by atoms with Gasteiger partial charge < -0.3 is 0 Å². The molecular weight excluding hydrogens is 584 g/mol. The van der Waals surface area contributed by atoms with Crippen molar-refractivity contribution in [1.82, 2.24) is 0 Å². The summed E-state index contributed by atoms with van der Waals surface area (Å²) >= 11 is 15.0. The Bertz CT molecular complexity index is 532. The van der Waals surface area contributed by atoms with Crippen LogP contribution in [-0.4, -0.2) is 0 Å². The molecule has 1 aromatic rings. The molecule has 0 radical (unpaired) electrons. The van der Waals surface area contributed by atoms with Crippen molar-refractivity contribution in [2.75, 3.05) is 0 Å². The van der Waals surface area contributed by atoms with Crippen LogP contribution < -0.4 is 0 Å². The maximum atomic E-state index is 3.76. The van der Waals surface area contributed by atoms with E-state index in [2.05, 4.69) is 102 Å². The van der Waals surface area contributed by atoms with E-state index in [1.54, 1.807) is 0 Å². The van der Waals surface area contributed by atoms with Crippen molar-refractivity contribution >= 4 is 72.7 Å². The molecule has 0 unspecified atom stereocenters. The number of benzene rings is 1. The van der Waals surface area contributed by atoms with Crippen LogP contribution in [0.1, 0.15) is 89.2 Å². The number of unbranched alkanes of at least 4 members (excludes halogenated alkanes) is 6. The molecule has 0 N–H and O–H groups in total. The van der Waals surface area contributed by atoms with E-state index < -0.39 is 0 Å². The first kappa shape index (κ1) is 24.7. The van der Waals surface area contributed by atoms with Gasteiger partial charge in [0.1, 0.15) is 0 Å². The van der Waals surface area contributed by atoms with Gasteiger partial charge >= 0.3 is 0 Å². The molecule has 0 saturated carbocycles. The molecule has 146 valence electrons. The van der Waals surface area contributed by atoms with Crippen LogP contribution in [0.15, 0.2) is 33.2 Å². The molecule has 0 fully saturated rings. The van der Waals surface area contributed by atoms with E-state index in [-0.39, 0.29) is 0 Å². The Morgan fingerprint density at radius 2 is 0.923 bits per heavy atom. The Kier molecular flexibility index (Phi) is 13.8. The number of hydrogen-bond donors (Lipinski definition) is 0. The summed E-state index contributed by atoms with van der Waals surface area (Å²) < 4.78 is 4.85. The Hall–Kier alpha value is 0.620. The third-order valence-electron chi connectivity index (χ3n) is 4.37. The maximum Gasteiger partial charge on any atom is 0.0348 e. The lowest BCUT2D eigenvalue weighted by Gasteiger charge is -2.08. The predicted molar refractivity (Wildman–Crippen MR) is 134 cm³/mol. The average molecular weight is 614 g/mol. The molecule has 0 nitrogen and oxygen atoms in total. The van der Waals surface area contributed by atoms with Gasteiger partial charge in [-0.25, -0.2) is 0 Å². The van der Waals surface area contributed by atoms with Gasteiger partial charge in [-0.15, -0.1) is 0 Å². The van der Waals surface area contributed by atoms with Crippen molar-refractivity contribution in [3.63, 3.8) is 0 Å². The summed E-state index contributed by atoms with van der Waals surface area (Å²) in [6, 6.07) is 8.74. The van der Waals surface area contributed by atoms with Crippen molar-refractivity contribution in [1.29, 1.82) is 0 Å². The molecule has 0 aliphatic carbocycles. The smallest absolute Gasteiger partial charge is 0.0348 e. The van der Waals surface area contributed by atoms with Crippen LogP contribution in [0, 0.1) is 0 Å². The van der Waals surface area contributed by atoms with Gasteiger partial charge in [-0.1, -0.05) is 108 Å². The highest BCUT2D eigenvalue weighted by Gasteiger charge is 2.08. The van der Waals surface area contributed by atoms with Gasteiger partial charge in [0.15, 0.2) is 0 Å². The fraction of sp³-hybridized carbons (Fsp3) is 0.545. The molecule has 0 aliphatic rings. The first-order valence-electron chi connectivity index (χ1n) is 9.70. The quantitative estimate of drug-likeness (QED) is 0.206. The van der Waals surface area contributed by atoms with Crippen LogP contribution >= 0.6 is 63.7 Å². The van der Waals surface area contributed by atoms with Crippen LogP contribution in [0.5, 0.6) is 0 Å². The largest absolute Gasteiger partial charge is 0.0654 e. The Balaban J connectivity index is 2.71. The van der Waals surface area contributed by atoms with Crippen LogP contribution in [0.25, 0.3) is 8.96 Å². The van der Waals surface area contributed by atoms with Gasteiger partial charge in [-0.3, -0.25) is 0 Å². The van der Waals surface area contributed by atoms with Gasteiger partial charge in [0, 0.05) is 17.9 Å². The first-order chi connectivity index (χ1) is 12.5. The molecule has 0 saturated heterocycles. The average Bonchev–Trinajstić information content (AvgIpc) is 2.67. The van der Waals surface area contributed by atoms with Crippen LogP contribution in [0.3, 0.4) is 0 Å². The summed E-state index contributed by atoms with van der Waals surface area (Å²) in [4.78, 5) is 0. The minimum absolute atomic E-state index is 1.09. The summed E-state index contributed by atoms with van der Waals surface area (Å²) in [5, 5.41) is 0. The van der Waals surface area contributed by atoms with Crippen LogP contribution in [0.4, 0.5) is 0 Å². The monoisotopic (exact) mass is 610 g/mol. The lowest BCUT2D eigenvalue weighted by molar-refractivity contribution is 0.673. The van der Waals surface area contributed by atoms with E-state index in [4.69, 9.17) is 0 Å². The van der Waals surface area contributed by atoms with Gasteiger partial charge in [-0.05, 0) is 68.7 Å². The summed E-state index contributed by atoms with van der Waals surface area (Å²) in [6.45, 7) is 4.50. The zero-order valence-corrected chi connectivity index (χ0v) is 22.2. The molecule has 1 aromatic carbocycles. The molecule has 4 heteroatoms. The fourth-order valence-electron chi connectivity index (χ4n) is 2.71. The second-order valence-corrected chi connectivity index (χ2v) is 10.1. The van der Waals surface area contributed by atoms with Crippen molar-refractivity contribution in [2.24, 2.45) is 0 Å². The van der Waals surface area contributed by atoms with E-state index in [9.17, 15) is 0 Å². The normalized spacial score (nSPS) is 13.5. The molecule has 0 atom stereocenters. The zero-order chi connectivity index (χ0) is 19.4. The summed E-state index contributed by atoms with van der Waals surface area (Å²) in [7, 11) is 0. The van der Waals surface area contributed by atoms with Crippen molar-refractivity contribution in [2.45, 2.75) is 78.1 Å². The highest BCUT2D eigenvalue weighted by molar-refractivity contribution is 9.17. The highest BCUT2D eigenvalue weighted by Crippen LogP contribution is 2.35. The van der Waals surface area contributed by atoms with E-state index in [0.717, 1.165) is 12.8 Å². The minimum atomic E-state index is 1.09. The number of allylic oxidation sites excluding steroid dienone is 2. The third kappa shape index (κ3) is 9.21. The highest BCUT2D eigenvalue weighted by atomic mass is 79.9. The Morgan fingerprint density at radius 3 is 1.23 bits per heavy atom. The standard InChI is InChI=1S/C22H30Br4/c1-3-5-7-9-11-19(23)21(25)17-13-15-18(16-14-17)22(26)20(24)12-10-8-6-4-2/h13-16H,3-12H2,1-2H3/b21-19+,22-20+. The molecular formula is C22H30Br4. The molecule has 0 amide bonds. The van der Waals surface area contributed by atoms with E-state index >= 15 is 0 Å². The Labute approximate surface area is 193 Å². The van der Waals surface area contributed by atoms with Gasteiger partial charge in [0.2, 0.25) is 0 Å². The second kappa shape index (κ2) is 14.6. The molecule has 0 aromatic heterocycles. The summed E-state index contributed by atoms with van der Waals surface area (Å²) in [6.07, 6.45) is 12.5. The van der Waals surface area contributed by atoms with Crippen molar-refractivity contribution in [3.8, 4) is 0 Å². The Morgan fingerprint density at radius 1 is 0.577 bits per heavy atom. The lowest BCUT2D eigenvalue weighted by atomic mass is 10.1. The molecule has 0 spiro atoms. The van der Waals surface area contributed by atoms with E-state index in [0.29, 0.717) is 0 Å². The topological polar surface area (TPSA) is 0 Å². The van der Waals surface area contributed by atoms with Crippen LogP contribution in [-0.2, 0) is 0 Å². The maximum absolute atomic E-state index is 3.76. The minimum Gasteiger partial charge on any atom is -0.0654 e. The van der Waals surface area contributed by atoms with E-state index in [1.807, 2.05) is 0 Å². The molecule has 0 bridgehead atoms. The first-order valence-corrected chi connectivity index (χ1v) is 12.9. The van der Waals surface area contributed by atoms with E-state index in [1.165, 1.54) is 80.4 Å². The number of hydrogen-bond acceptors (Lipinski definition) is 0. The molecule has 1 rings (SSSR count). The fourth-order valence-corrected chi connectivity index (χ4v) is 4.65. The SMILES string of the molecule is CCCCCC/C(Br)=C(\Br)c1ccc(/C(Br)=C(\Br)CCCCCC)cc1. The number of rotatable bonds is 12. The third-order valence-corrected chi connectivity index (χ3v) is 8.89. The lowest BCUT2D eigenvalue weighted by Crippen LogP contribution is -1.86. The van der Waals surface area contributed by atoms with Gasteiger partial charge in [0.25, 0.3) is 0 Å². The molecule has 0 aliphatic heterocycles. The van der Waals surface area contributed by atoms with Crippen molar-refractivity contribution < 1.29 is 0 Å². The second-order valence-electron chi connectivity index (χ2n) is 6.64. The van der Waals surface area contributed by atoms with Gasteiger partial charge in [-0.2, -0.15) is 0 Å². The van der Waals surface area contributed by atoms with Crippen molar-refractivity contribution in [3.05, 3.63) is 44.4 Å². The number of halogens is 4. The summed E-state index contributed by atoms with van der Waals surface area (Å²) in [5.41, 5.74) is 2.44. The summed E-state index contributed by atoms with van der Waals surface area (Å²) in [5.74, 6) is 0. The predicted octanol–water partition coefficient (Wildman–Crippen LogP) is 10.5. The zero-order valence-electron chi connectivity index (χ0n) is 15.9. The van der Waals surface area contributed by atoms with Crippen LogP contribution in [0.2, 0.25) is 0 Å². The molecule has 26 heavy (non-hydrogen) atoms. The van der Waals surface area contributed by atoms with Gasteiger partial charge in [0.05, 0.1) is 0 Å². The molecule has 0 heterocycles.